The molecule has 4 N–H and O–H groups in total. The zero-order valence-electron chi connectivity index (χ0n) is 12.6. The maximum atomic E-state index is 12.5. The maximum Gasteiger partial charge on any atom is 0.227 e. The number of aliphatic hydroxyl groups is 1. The number of rotatable bonds is 6. The van der Waals surface area contributed by atoms with Gasteiger partial charge in [-0.25, -0.2) is 0 Å². The lowest BCUT2D eigenvalue weighted by Gasteiger charge is -2.38. The van der Waals surface area contributed by atoms with E-state index in [0.29, 0.717) is 18.4 Å². The van der Waals surface area contributed by atoms with Crippen molar-refractivity contribution < 1.29 is 9.90 Å². The molecular formula is C15H30N2O2. The predicted molar refractivity (Wildman–Crippen MR) is 77.6 cm³/mol. The second-order valence-corrected chi connectivity index (χ2v) is 6.65. The number of hydrogen-bond donors (Lipinski definition) is 3. The lowest BCUT2D eigenvalue weighted by Crippen LogP contribution is -2.51. The quantitative estimate of drug-likeness (QED) is 0.687. The van der Waals surface area contributed by atoms with Crippen LogP contribution in [0.2, 0.25) is 0 Å². The van der Waals surface area contributed by atoms with E-state index in [1.165, 1.54) is 0 Å². The smallest absolute Gasteiger partial charge is 0.227 e. The Morgan fingerprint density at radius 3 is 2.42 bits per heavy atom. The number of amides is 1. The summed E-state index contributed by atoms with van der Waals surface area (Å²) in [5.41, 5.74) is 5.47. The summed E-state index contributed by atoms with van der Waals surface area (Å²) < 4.78 is 0. The third-order valence-corrected chi connectivity index (χ3v) is 4.42. The van der Waals surface area contributed by atoms with Crippen LogP contribution in [0, 0.1) is 17.3 Å². The number of nitrogens with one attached hydrogen (secondary N) is 1. The molecule has 1 saturated carbocycles. The van der Waals surface area contributed by atoms with E-state index in [4.69, 9.17) is 5.73 Å². The molecule has 0 aromatic heterocycles. The molecule has 0 aliphatic heterocycles. The molecule has 4 heteroatoms. The van der Waals surface area contributed by atoms with Crippen LogP contribution in [0.4, 0.5) is 0 Å². The van der Waals surface area contributed by atoms with Gasteiger partial charge < -0.3 is 16.2 Å². The van der Waals surface area contributed by atoms with Gasteiger partial charge in [0.1, 0.15) is 0 Å². The number of nitrogens with two attached hydrogens (primary N) is 1. The Kier molecular flexibility index (Phi) is 6.27. The van der Waals surface area contributed by atoms with Crippen molar-refractivity contribution in [2.45, 2.75) is 58.9 Å². The molecule has 1 fully saturated rings. The van der Waals surface area contributed by atoms with Gasteiger partial charge >= 0.3 is 0 Å². The molecule has 1 unspecified atom stereocenters. The van der Waals surface area contributed by atoms with Crippen LogP contribution in [-0.2, 0) is 4.79 Å². The second-order valence-electron chi connectivity index (χ2n) is 6.65. The highest BCUT2D eigenvalue weighted by molar-refractivity contribution is 5.83. The molecule has 0 radical (unpaired) electrons. The summed E-state index contributed by atoms with van der Waals surface area (Å²) in [5.74, 6) is 1.19. The van der Waals surface area contributed by atoms with Gasteiger partial charge in [0.05, 0.1) is 18.1 Å². The van der Waals surface area contributed by atoms with Crippen LogP contribution in [0.3, 0.4) is 0 Å². The molecule has 112 valence electrons. The third-order valence-electron chi connectivity index (χ3n) is 4.42. The summed E-state index contributed by atoms with van der Waals surface area (Å²) in [4.78, 5) is 12.5. The molecule has 1 amide bonds. The minimum Gasteiger partial charge on any atom is -0.394 e. The standard InChI is InChI=1S/C15H30N2O2/c1-11(2)8-13(9-18)17-14(19)15(10-16)6-4-12(3)5-7-15/h11-13,18H,4-10,16H2,1-3H3,(H,17,19). The van der Waals surface area contributed by atoms with E-state index in [2.05, 4.69) is 26.1 Å². The summed E-state index contributed by atoms with van der Waals surface area (Å²) in [5, 5.41) is 12.4. The first-order chi connectivity index (χ1) is 8.93. The zero-order chi connectivity index (χ0) is 14.5. The van der Waals surface area contributed by atoms with Crippen molar-refractivity contribution in [3.63, 3.8) is 0 Å². The van der Waals surface area contributed by atoms with Crippen LogP contribution in [0.25, 0.3) is 0 Å². The number of carbonyl (C=O) groups excluding carboxylic acids is 1. The fourth-order valence-corrected chi connectivity index (χ4v) is 2.93. The van der Waals surface area contributed by atoms with Gasteiger partial charge in [-0.15, -0.1) is 0 Å². The van der Waals surface area contributed by atoms with Crippen LogP contribution in [0.1, 0.15) is 52.9 Å². The Labute approximate surface area is 117 Å². The third kappa shape index (κ3) is 4.46. The Morgan fingerprint density at radius 1 is 1.42 bits per heavy atom. The molecule has 1 aliphatic rings. The van der Waals surface area contributed by atoms with E-state index in [0.717, 1.165) is 32.1 Å². The van der Waals surface area contributed by atoms with Crippen LogP contribution < -0.4 is 11.1 Å². The van der Waals surface area contributed by atoms with E-state index in [1.54, 1.807) is 0 Å². The molecule has 4 nitrogen and oxygen atoms in total. The molecule has 1 aliphatic carbocycles. The largest absolute Gasteiger partial charge is 0.394 e. The van der Waals surface area contributed by atoms with Crippen molar-refractivity contribution in [1.82, 2.24) is 5.32 Å². The molecule has 0 aromatic rings. The first-order valence-electron chi connectivity index (χ1n) is 7.55. The lowest BCUT2D eigenvalue weighted by atomic mass is 9.70. The van der Waals surface area contributed by atoms with Crippen LogP contribution in [-0.4, -0.2) is 30.2 Å². The highest BCUT2D eigenvalue weighted by Crippen LogP contribution is 2.38. The Hall–Kier alpha value is -0.610. The fourth-order valence-electron chi connectivity index (χ4n) is 2.93. The maximum absolute atomic E-state index is 12.5. The average molecular weight is 270 g/mol. The second kappa shape index (κ2) is 7.25. The van der Waals surface area contributed by atoms with E-state index in [-0.39, 0.29) is 18.6 Å². The summed E-state index contributed by atoms with van der Waals surface area (Å²) >= 11 is 0. The molecule has 0 aromatic carbocycles. The Morgan fingerprint density at radius 2 is 2.00 bits per heavy atom. The van der Waals surface area contributed by atoms with Gasteiger partial charge in [0.15, 0.2) is 0 Å². The van der Waals surface area contributed by atoms with Crippen LogP contribution in [0.15, 0.2) is 0 Å². The predicted octanol–water partition coefficient (Wildman–Crippen LogP) is 1.66. The highest BCUT2D eigenvalue weighted by Gasteiger charge is 2.40. The van der Waals surface area contributed by atoms with Gasteiger partial charge in [-0.1, -0.05) is 20.8 Å². The van der Waals surface area contributed by atoms with Gasteiger partial charge in [0, 0.05) is 6.54 Å². The van der Waals surface area contributed by atoms with Gasteiger partial charge in [-0.2, -0.15) is 0 Å². The van der Waals surface area contributed by atoms with E-state index >= 15 is 0 Å². The van der Waals surface area contributed by atoms with Gasteiger partial charge in [0.25, 0.3) is 0 Å². The minimum atomic E-state index is -0.406. The molecule has 0 bridgehead atoms. The van der Waals surface area contributed by atoms with Gasteiger partial charge in [-0.05, 0) is 43.9 Å². The number of hydrogen-bond acceptors (Lipinski definition) is 3. The lowest BCUT2D eigenvalue weighted by molar-refractivity contribution is -0.134. The van der Waals surface area contributed by atoms with Crippen molar-refractivity contribution in [1.29, 1.82) is 0 Å². The summed E-state index contributed by atoms with van der Waals surface area (Å²) in [6.45, 7) is 6.82. The Bertz CT molecular complexity index is 284. The monoisotopic (exact) mass is 270 g/mol. The number of carbonyl (C=O) groups is 1. The number of aliphatic hydroxyl groups excluding tert-OH is 1. The SMILES string of the molecule is CC(C)CC(CO)NC(=O)C1(CN)CCC(C)CC1. The molecule has 1 atom stereocenters. The molecule has 0 saturated heterocycles. The highest BCUT2D eigenvalue weighted by atomic mass is 16.3. The normalized spacial score (nSPS) is 29.3. The van der Waals surface area contributed by atoms with E-state index in [9.17, 15) is 9.90 Å². The average Bonchev–Trinajstić information content (AvgIpc) is 2.38. The summed E-state index contributed by atoms with van der Waals surface area (Å²) in [7, 11) is 0. The molecule has 0 spiro atoms. The molecule has 1 rings (SSSR count). The van der Waals surface area contributed by atoms with Crippen molar-refractivity contribution in [2.24, 2.45) is 23.0 Å². The summed E-state index contributed by atoms with van der Waals surface area (Å²) in [6, 6.07) is -0.143. The van der Waals surface area contributed by atoms with Crippen molar-refractivity contribution in [3.8, 4) is 0 Å². The van der Waals surface area contributed by atoms with Crippen molar-refractivity contribution in [2.75, 3.05) is 13.2 Å². The zero-order valence-corrected chi connectivity index (χ0v) is 12.6. The van der Waals surface area contributed by atoms with Gasteiger partial charge in [0.2, 0.25) is 5.91 Å². The molecule has 19 heavy (non-hydrogen) atoms. The van der Waals surface area contributed by atoms with E-state index < -0.39 is 5.41 Å². The molecule has 0 heterocycles. The molecular weight excluding hydrogens is 240 g/mol. The van der Waals surface area contributed by atoms with Crippen molar-refractivity contribution in [3.05, 3.63) is 0 Å². The van der Waals surface area contributed by atoms with Gasteiger partial charge in [-0.3, -0.25) is 4.79 Å². The minimum absolute atomic E-state index is 0.000966. The Balaban J connectivity index is 2.63. The first-order valence-corrected chi connectivity index (χ1v) is 7.55. The summed E-state index contributed by atoms with van der Waals surface area (Å²) in [6.07, 6.45) is 4.68. The van der Waals surface area contributed by atoms with Crippen molar-refractivity contribution >= 4 is 5.91 Å². The van der Waals surface area contributed by atoms with Crippen LogP contribution >= 0.6 is 0 Å². The topological polar surface area (TPSA) is 75.3 Å². The fraction of sp³-hybridized carbons (Fsp3) is 0.933. The first kappa shape index (κ1) is 16.4. The van der Waals surface area contributed by atoms with Crippen LogP contribution in [0.5, 0.6) is 0 Å². The van der Waals surface area contributed by atoms with E-state index in [1.807, 2.05) is 0 Å².